The van der Waals surface area contributed by atoms with Gasteiger partial charge in [-0.2, -0.15) is 5.06 Å². The molecule has 1 atom stereocenters. The summed E-state index contributed by atoms with van der Waals surface area (Å²) in [5.41, 5.74) is 1.46. The topological polar surface area (TPSA) is 49.8 Å². The first kappa shape index (κ1) is 11.1. The molecule has 0 aromatic heterocycles. The number of anilines is 1. The molecule has 1 unspecified atom stereocenters. The number of rotatable bonds is 3. The van der Waals surface area contributed by atoms with Crippen molar-refractivity contribution in [3.05, 3.63) is 29.8 Å². The average Bonchev–Trinajstić information content (AvgIpc) is 2.71. The van der Waals surface area contributed by atoms with Crippen molar-refractivity contribution in [2.24, 2.45) is 0 Å². The lowest BCUT2D eigenvalue weighted by atomic mass is 10.2. The molecule has 0 radical (unpaired) electrons. The number of hydroxylamine groups is 1. The second-order valence-corrected chi connectivity index (χ2v) is 3.86. The molecule has 0 aliphatic carbocycles. The third-order valence-corrected chi connectivity index (χ3v) is 2.67. The maximum absolute atomic E-state index is 11.7. The molecule has 0 spiro atoms. The highest BCUT2D eigenvalue weighted by Crippen LogP contribution is 2.25. The highest BCUT2D eigenvalue weighted by Gasteiger charge is 2.30. The largest absolute Gasteiger partial charge is 0.392 e. The summed E-state index contributed by atoms with van der Waals surface area (Å²) in [4.78, 5) is 17.2. The van der Waals surface area contributed by atoms with Crippen LogP contribution in [0.4, 0.5) is 5.69 Å². The van der Waals surface area contributed by atoms with Gasteiger partial charge in [0.2, 0.25) is 0 Å². The second kappa shape index (κ2) is 4.63. The number of aliphatic hydroxyl groups is 1. The van der Waals surface area contributed by atoms with Crippen LogP contribution < -0.4 is 5.06 Å². The van der Waals surface area contributed by atoms with Crippen LogP contribution in [0.3, 0.4) is 0 Å². The summed E-state index contributed by atoms with van der Waals surface area (Å²) >= 11 is 0. The van der Waals surface area contributed by atoms with Gasteiger partial charge in [-0.3, -0.25) is 9.63 Å². The predicted molar refractivity (Wildman–Crippen MR) is 59.6 cm³/mol. The Hall–Kier alpha value is -1.39. The third kappa shape index (κ3) is 2.08. The Kier molecular flexibility index (Phi) is 3.22. The smallest absolute Gasteiger partial charge is 0.253 e. The molecule has 0 bridgehead atoms. The van der Waals surface area contributed by atoms with Crippen molar-refractivity contribution in [3.8, 4) is 0 Å². The van der Waals surface area contributed by atoms with Crippen molar-refractivity contribution in [1.82, 2.24) is 0 Å². The highest BCUT2D eigenvalue weighted by atomic mass is 16.7. The van der Waals surface area contributed by atoms with Crippen molar-refractivity contribution in [1.29, 1.82) is 0 Å². The number of benzene rings is 1. The van der Waals surface area contributed by atoms with E-state index in [0.29, 0.717) is 12.1 Å². The molecule has 1 aliphatic rings. The Morgan fingerprint density at radius 2 is 2.38 bits per heavy atom. The minimum absolute atomic E-state index is 0.0229. The van der Waals surface area contributed by atoms with Gasteiger partial charge in [0.25, 0.3) is 5.91 Å². The molecular weight excluding hydrogens is 206 g/mol. The predicted octanol–water partition coefficient (Wildman–Crippen LogP) is 1.63. The summed E-state index contributed by atoms with van der Waals surface area (Å²) < 4.78 is 0. The first-order chi connectivity index (χ1) is 7.74. The monoisotopic (exact) mass is 221 g/mol. The van der Waals surface area contributed by atoms with Gasteiger partial charge in [0, 0.05) is 0 Å². The van der Waals surface area contributed by atoms with Gasteiger partial charge in [0.05, 0.1) is 24.8 Å². The molecule has 16 heavy (non-hydrogen) atoms. The summed E-state index contributed by atoms with van der Waals surface area (Å²) in [6.07, 6.45) is 1.23. The van der Waals surface area contributed by atoms with Crippen LogP contribution in [0.15, 0.2) is 24.3 Å². The summed E-state index contributed by atoms with van der Waals surface area (Å²) in [7, 11) is 0. The van der Waals surface area contributed by atoms with Gasteiger partial charge in [-0.15, -0.1) is 0 Å². The molecule has 1 aliphatic heterocycles. The van der Waals surface area contributed by atoms with Crippen LogP contribution in [0.25, 0.3) is 0 Å². The van der Waals surface area contributed by atoms with E-state index >= 15 is 0 Å². The van der Waals surface area contributed by atoms with E-state index in [1.165, 1.54) is 5.06 Å². The molecule has 0 saturated carbocycles. The lowest BCUT2D eigenvalue weighted by molar-refractivity contribution is -0.119. The van der Waals surface area contributed by atoms with Crippen LogP contribution >= 0.6 is 0 Å². The molecule has 1 N–H and O–H groups in total. The fourth-order valence-corrected chi connectivity index (χ4v) is 1.73. The maximum Gasteiger partial charge on any atom is 0.253 e. The Balaban J connectivity index is 2.20. The Labute approximate surface area is 94.4 Å². The fraction of sp³-hybridized carbons (Fsp3) is 0.417. The molecule has 1 aromatic carbocycles. The SMILES string of the molecule is CCC1CC(=O)N(c2cccc(CO)c2)O1. The lowest BCUT2D eigenvalue weighted by Crippen LogP contribution is -2.23. The normalized spacial score (nSPS) is 20.5. The molecular formula is C12H15NO3. The van der Waals surface area contributed by atoms with E-state index in [9.17, 15) is 4.79 Å². The molecule has 2 rings (SSSR count). The van der Waals surface area contributed by atoms with Crippen LogP contribution in [0, 0.1) is 0 Å². The number of amides is 1. The molecule has 1 aromatic rings. The summed E-state index contributed by atoms with van der Waals surface area (Å²) in [6.45, 7) is 1.96. The second-order valence-electron chi connectivity index (χ2n) is 3.86. The zero-order valence-corrected chi connectivity index (χ0v) is 9.22. The van der Waals surface area contributed by atoms with Crippen molar-refractivity contribution >= 4 is 11.6 Å². The van der Waals surface area contributed by atoms with Gasteiger partial charge in [0.15, 0.2) is 0 Å². The van der Waals surface area contributed by atoms with E-state index in [1.54, 1.807) is 24.3 Å². The van der Waals surface area contributed by atoms with E-state index in [0.717, 1.165) is 12.0 Å². The van der Waals surface area contributed by atoms with Gasteiger partial charge in [-0.1, -0.05) is 19.1 Å². The fourth-order valence-electron chi connectivity index (χ4n) is 1.73. The minimum Gasteiger partial charge on any atom is -0.392 e. The van der Waals surface area contributed by atoms with E-state index in [4.69, 9.17) is 9.94 Å². The van der Waals surface area contributed by atoms with Gasteiger partial charge in [-0.25, -0.2) is 0 Å². The number of nitrogens with zero attached hydrogens (tertiary/aromatic N) is 1. The minimum atomic E-state index is -0.0346. The van der Waals surface area contributed by atoms with Gasteiger partial charge in [0.1, 0.15) is 0 Å². The molecule has 1 fully saturated rings. The Morgan fingerprint density at radius 1 is 1.56 bits per heavy atom. The quantitative estimate of drug-likeness (QED) is 0.843. The molecule has 1 amide bonds. The number of carbonyl (C=O) groups is 1. The van der Waals surface area contributed by atoms with E-state index in [1.807, 2.05) is 6.92 Å². The average molecular weight is 221 g/mol. The highest BCUT2D eigenvalue weighted by molar-refractivity contribution is 5.93. The zero-order chi connectivity index (χ0) is 11.5. The van der Waals surface area contributed by atoms with Crippen molar-refractivity contribution in [3.63, 3.8) is 0 Å². The van der Waals surface area contributed by atoms with Crippen molar-refractivity contribution in [2.45, 2.75) is 32.5 Å². The van der Waals surface area contributed by atoms with E-state index < -0.39 is 0 Å². The first-order valence-electron chi connectivity index (χ1n) is 5.44. The standard InChI is InChI=1S/C12H15NO3/c1-2-11-7-12(15)13(16-11)10-5-3-4-9(6-10)8-14/h3-6,11,14H,2,7-8H2,1H3. The van der Waals surface area contributed by atoms with Crippen LogP contribution in [0.1, 0.15) is 25.3 Å². The Morgan fingerprint density at radius 3 is 3.00 bits per heavy atom. The maximum atomic E-state index is 11.7. The number of hydrogen-bond donors (Lipinski definition) is 1. The third-order valence-electron chi connectivity index (χ3n) is 2.67. The lowest BCUT2D eigenvalue weighted by Gasteiger charge is -2.16. The summed E-state index contributed by atoms with van der Waals surface area (Å²) in [5, 5.41) is 10.4. The summed E-state index contributed by atoms with van der Waals surface area (Å²) in [6, 6.07) is 7.17. The van der Waals surface area contributed by atoms with Crippen molar-refractivity contribution in [2.75, 3.05) is 5.06 Å². The number of aliphatic hydroxyl groups excluding tert-OH is 1. The molecule has 4 heteroatoms. The van der Waals surface area contributed by atoms with Crippen LogP contribution in [0.5, 0.6) is 0 Å². The number of carbonyl (C=O) groups excluding carboxylic acids is 1. The van der Waals surface area contributed by atoms with Gasteiger partial charge < -0.3 is 5.11 Å². The van der Waals surface area contributed by atoms with Gasteiger partial charge >= 0.3 is 0 Å². The van der Waals surface area contributed by atoms with Crippen LogP contribution in [-0.2, 0) is 16.2 Å². The number of hydrogen-bond acceptors (Lipinski definition) is 3. The summed E-state index contributed by atoms with van der Waals surface area (Å²) in [5.74, 6) is -0.0260. The molecule has 1 saturated heterocycles. The van der Waals surface area contributed by atoms with E-state index in [-0.39, 0.29) is 18.6 Å². The Bertz CT molecular complexity index is 392. The van der Waals surface area contributed by atoms with Crippen LogP contribution in [0.2, 0.25) is 0 Å². The molecule has 86 valence electrons. The zero-order valence-electron chi connectivity index (χ0n) is 9.22. The molecule has 1 heterocycles. The van der Waals surface area contributed by atoms with Crippen LogP contribution in [-0.4, -0.2) is 17.1 Å². The van der Waals surface area contributed by atoms with E-state index in [2.05, 4.69) is 0 Å². The first-order valence-corrected chi connectivity index (χ1v) is 5.44. The van der Waals surface area contributed by atoms with Crippen molar-refractivity contribution < 1.29 is 14.7 Å². The van der Waals surface area contributed by atoms with Gasteiger partial charge in [-0.05, 0) is 24.1 Å². The molecule has 4 nitrogen and oxygen atoms in total.